The predicted molar refractivity (Wildman–Crippen MR) is 99.4 cm³/mol. The van der Waals surface area contributed by atoms with Gasteiger partial charge >= 0.3 is 11.3 Å². The third-order valence-corrected chi connectivity index (χ3v) is 4.04. The van der Waals surface area contributed by atoms with Gasteiger partial charge in [0.25, 0.3) is 0 Å². The van der Waals surface area contributed by atoms with Crippen LogP contribution in [0.1, 0.15) is 20.7 Å². The summed E-state index contributed by atoms with van der Waals surface area (Å²) in [5.41, 5.74) is -2.10. The fourth-order valence-electron chi connectivity index (χ4n) is 2.80. The first-order valence-electron chi connectivity index (χ1n) is 7.84. The van der Waals surface area contributed by atoms with Crippen molar-refractivity contribution in [3.05, 3.63) is 80.5 Å². The smallest absolute Gasteiger partial charge is 0.350 e. The number of fused-ring (bicyclic) bond motifs is 2. The first kappa shape index (κ1) is 18.7. The molecule has 0 amide bonds. The summed E-state index contributed by atoms with van der Waals surface area (Å²) in [4.78, 5) is 47.2. The van der Waals surface area contributed by atoms with E-state index in [2.05, 4.69) is 0 Å². The van der Waals surface area contributed by atoms with Gasteiger partial charge in [0, 0.05) is 0 Å². The first-order chi connectivity index (χ1) is 13.1. The Morgan fingerprint density at radius 3 is 1.46 bits per heavy atom. The molecule has 8 heteroatoms. The Morgan fingerprint density at radius 1 is 0.679 bits per heavy atom. The van der Waals surface area contributed by atoms with E-state index in [0.717, 1.165) is 0 Å². The van der Waals surface area contributed by atoms with E-state index in [1.807, 2.05) is 0 Å². The maximum Gasteiger partial charge on any atom is 0.350 e. The molecule has 0 fully saturated rings. The number of carbonyl (C=O) groups excluding carboxylic acids is 2. The van der Waals surface area contributed by atoms with Crippen molar-refractivity contribution < 1.29 is 28.6 Å². The Kier molecular flexibility index (Phi) is 4.88. The molecule has 0 saturated heterocycles. The zero-order chi connectivity index (χ0) is 19.0. The molecule has 0 atom stereocenters. The molecule has 2 heterocycles. The summed E-state index contributed by atoms with van der Waals surface area (Å²) in [6, 6.07) is 12.9. The molecule has 0 spiro atoms. The molecule has 140 valence electrons. The topological polar surface area (TPSA) is 135 Å². The fourth-order valence-corrected chi connectivity index (χ4v) is 2.80. The van der Waals surface area contributed by atoms with Crippen LogP contribution in [0.15, 0.2) is 67.0 Å². The van der Waals surface area contributed by atoms with Crippen LogP contribution in [0.2, 0.25) is 0 Å². The summed E-state index contributed by atoms with van der Waals surface area (Å²) in [5.74, 6) is -0.202. The molecule has 0 saturated carbocycles. The standard InChI is InChI=1S/C20H10O7.H2O/c21-9-13-17(11-5-1-3-7-15(11)25-19(13)23)27-18-12-6-2-4-8-16(12)26-20(24)14(18)10-22;/h1-10H;1H2. The molecule has 0 aliphatic heterocycles. The van der Waals surface area contributed by atoms with Crippen LogP contribution in [-0.2, 0) is 0 Å². The summed E-state index contributed by atoms with van der Waals surface area (Å²) in [7, 11) is 0. The summed E-state index contributed by atoms with van der Waals surface area (Å²) in [5, 5.41) is 0.682. The van der Waals surface area contributed by atoms with Crippen LogP contribution in [0.25, 0.3) is 21.9 Å². The molecule has 28 heavy (non-hydrogen) atoms. The summed E-state index contributed by atoms with van der Waals surface area (Å²) in [6.07, 6.45) is 0.615. The molecular formula is C20H12O8. The van der Waals surface area contributed by atoms with Crippen molar-refractivity contribution >= 4 is 34.5 Å². The van der Waals surface area contributed by atoms with Gasteiger partial charge in [-0.1, -0.05) is 24.3 Å². The second-order valence-corrected chi connectivity index (χ2v) is 5.59. The lowest BCUT2D eigenvalue weighted by Gasteiger charge is -2.13. The SMILES string of the molecule is O.O=Cc1c(Oc2c(C=O)c(=O)oc3ccccc23)c2ccccc2oc1=O. The quantitative estimate of drug-likeness (QED) is 0.392. The van der Waals surface area contributed by atoms with Gasteiger partial charge in [0.1, 0.15) is 22.3 Å². The minimum atomic E-state index is -0.890. The number of para-hydroxylation sites is 2. The molecule has 0 unspecified atom stereocenters. The van der Waals surface area contributed by atoms with Gasteiger partial charge in [0.05, 0.1) is 10.8 Å². The zero-order valence-electron chi connectivity index (χ0n) is 14.1. The predicted octanol–water partition coefficient (Wildman–Crippen LogP) is 2.49. The average molecular weight is 380 g/mol. The van der Waals surface area contributed by atoms with Crippen LogP contribution in [0, 0.1) is 0 Å². The molecule has 2 aromatic heterocycles. The van der Waals surface area contributed by atoms with Gasteiger partial charge in [-0.15, -0.1) is 0 Å². The maximum atomic E-state index is 12.1. The van der Waals surface area contributed by atoms with E-state index in [1.54, 1.807) is 36.4 Å². The third kappa shape index (κ3) is 2.87. The van der Waals surface area contributed by atoms with E-state index in [4.69, 9.17) is 13.6 Å². The molecule has 0 bridgehead atoms. The van der Waals surface area contributed by atoms with Crippen molar-refractivity contribution in [1.29, 1.82) is 0 Å². The van der Waals surface area contributed by atoms with Gasteiger partial charge in [-0.2, -0.15) is 0 Å². The Morgan fingerprint density at radius 2 is 1.07 bits per heavy atom. The monoisotopic (exact) mass is 380 g/mol. The maximum absolute atomic E-state index is 12.1. The highest BCUT2D eigenvalue weighted by atomic mass is 16.5. The van der Waals surface area contributed by atoms with E-state index >= 15 is 0 Å². The molecule has 2 aromatic carbocycles. The van der Waals surface area contributed by atoms with Gasteiger partial charge in [-0.05, 0) is 24.3 Å². The Hall–Kier alpha value is -4.04. The van der Waals surface area contributed by atoms with Crippen LogP contribution >= 0.6 is 0 Å². The minimum Gasteiger partial charge on any atom is -0.454 e. The lowest BCUT2D eigenvalue weighted by molar-refractivity contribution is 0.111. The van der Waals surface area contributed by atoms with E-state index in [-0.39, 0.29) is 39.3 Å². The highest BCUT2D eigenvalue weighted by molar-refractivity contribution is 5.96. The van der Waals surface area contributed by atoms with Crippen molar-refractivity contribution in [2.45, 2.75) is 0 Å². The van der Waals surface area contributed by atoms with E-state index < -0.39 is 11.3 Å². The summed E-state index contributed by atoms with van der Waals surface area (Å²) in [6.45, 7) is 0. The number of benzene rings is 2. The number of ether oxygens (including phenoxy) is 1. The normalized spacial score (nSPS) is 10.4. The van der Waals surface area contributed by atoms with Crippen LogP contribution in [0.5, 0.6) is 11.5 Å². The largest absolute Gasteiger partial charge is 0.454 e. The third-order valence-electron chi connectivity index (χ3n) is 4.04. The van der Waals surface area contributed by atoms with Crippen LogP contribution in [-0.4, -0.2) is 18.0 Å². The van der Waals surface area contributed by atoms with Crippen LogP contribution < -0.4 is 16.0 Å². The molecule has 8 nitrogen and oxygen atoms in total. The second kappa shape index (κ2) is 7.29. The van der Waals surface area contributed by atoms with E-state index in [9.17, 15) is 19.2 Å². The van der Waals surface area contributed by atoms with E-state index in [0.29, 0.717) is 23.3 Å². The van der Waals surface area contributed by atoms with Crippen LogP contribution in [0.3, 0.4) is 0 Å². The summed E-state index contributed by atoms with van der Waals surface area (Å²) >= 11 is 0. The van der Waals surface area contributed by atoms with Gasteiger partial charge in [0.2, 0.25) is 0 Å². The minimum absolute atomic E-state index is 0. The van der Waals surface area contributed by atoms with Gasteiger partial charge in [0.15, 0.2) is 24.1 Å². The molecule has 4 aromatic rings. The molecule has 2 N–H and O–H groups in total. The molecule has 0 aliphatic carbocycles. The first-order valence-corrected chi connectivity index (χ1v) is 7.84. The van der Waals surface area contributed by atoms with Gasteiger partial charge < -0.3 is 19.0 Å². The fraction of sp³-hybridized carbons (Fsp3) is 0. The molecule has 0 aliphatic rings. The highest BCUT2D eigenvalue weighted by Crippen LogP contribution is 2.35. The molecular weight excluding hydrogens is 368 g/mol. The Labute approximate surface area is 155 Å². The van der Waals surface area contributed by atoms with Gasteiger partial charge in [-0.3, -0.25) is 9.59 Å². The Balaban J connectivity index is 0.00000225. The second-order valence-electron chi connectivity index (χ2n) is 5.59. The molecule has 0 radical (unpaired) electrons. The van der Waals surface area contributed by atoms with Crippen molar-refractivity contribution in [1.82, 2.24) is 0 Å². The number of hydrogen-bond acceptors (Lipinski definition) is 7. The lowest BCUT2D eigenvalue weighted by Crippen LogP contribution is -2.12. The van der Waals surface area contributed by atoms with Crippen molar-refractivity contribution in [3.8, 4) is 11.5 Å². The lowest BCUT2D eigenvalue weighted by atomic mass is 10.1. The highest BCUT2D eigenvalue weighted by Gasteiger charge is 2.21. The van der Waals surface area contributed by atoms with Crippen molar-refractivity contribution in [3.63, 3.8) is 0 Å². The van der Waals surface area contributed by atoms with Gasteiger partial charge in [-0.25, -0.2) is 9.59 Å². The Bertz CT molecular complexity index is 1230. The summed E-state index contributed by atoms with van der Waals surface area (Å²) < 4.78 is 16.1. The van der Waals surface area contributed by atoms with Crippen LogP contribution in [0.4, 0.5) is 0 Å². The van der Waals surface area contributed by atoms with Crippen molar-refractivity contribution in [2.75, 3.05) is 0 Å². The number of hydrogen-bond donors (Lipinski definition) is 0. The van der Waals surface area contributed by atoms with Crippen molar-refractivity contribution in [2.24, 2.45) is 0 Å². The number of carbonyl (C=O) groups is 2. The van der Waals surface area contributed by atoms with E-state index in [1.165, 1.54) is 12.1 Å². The average Bonchev–Trinajstić information content (AvgIpc) is 2.68. The molecule has 4 rings (SSSR count). The number of rotatable bonds is 4. The number of aldehydes is 2. The zero-order valence-corrected chi connectivity index (χ0v) is 14.1.